The number of aryl methyl sites for hydroxylation is 2. The van der Waals surface area contributed by atoms with E-state index in [1.807, 2.05) is 4.68 Å². The topological polar surface area (TPSA) is 54.8 Å². The molecule has 1 aliphatic rings. The summed E-state index contributed by atoms with van der Waals surface area (Å²) in [5.74, 6) is 0. The lowest BCUT2D eigenvalue weighted by atomic mass is 10.1. The molecule has 0 saturated carbocycles. The summed E-state index contributed by atoms with van der Waals surface area (Å²) in [4.78, 5) is 3.95. The van der Waals surface area contributed by atoms with E-state index >= 15 is 0 Å². The molecule has 3 rings (SSSR count). The molecule has 2 N–H and O–H groups in total. The van der Waals surface area contributed by atoms with Crippen molar-refractivity contribution < 1.29 is 0 Å². The fourth-order valence-corrected chi connectivity index (χ4v) is 2.76. The highest BCUT2D eigenvalue weighted by Crippen LogP contribution is 2.15. The quantitative estimate of drug-likeness (QED) is 0.853. The van der Waals surface area contributed by atoms with E-state index in [2.05, 4.69) is 45.0 Å². The number of nitrogens with zero attached hydrogens (tertiary/aromatic N) is 3. The molecule has 5 nitrogen and oxygen atoms in total. The Kier molecular flexibility index (Phi) is 4.84. The van der Waals surface area contributed by atoms with Gasteiger partial charge in [-0.25, -0.2) is 4.98 Å². The number of aromatic nitrogens is 3. The van der Waals surface area contributed by atoms with Crippen molar-refractivity contribution in [3.63, 3.8) is 0 Å². The Morgan fingerprint density at radius 1 is 1.19 bits per heavy atom. The van der Waals surface area contributed by atoms with Gasteiger partial charge in [0.2, 0.25) is 0 Å². The zero-order valence-corrected chi connectivity index (χ0v) is 12.3. The molecule has 0 atom stereocenters. The molecule has 2 heterocycles. The van der Waals surface area contributed by atoms with E-state index in [4.69, 9.17) is 0 Å². The first-order valence-electron chi connectivity index (χ1n) is 7.79. The first-order chi connectivity index (χ1) is 10.4. The normalized spacial score (nSPS) is 16.0. The highest BCUT2D eigenvalue weighted by atomic mass is 15.3. The smallest absolute Gasteiger partial charge is 0.137 e. The van der Waals surface area contributed by atoms with Crippen LogP contribution >= 0.6 is 0 Å². The number of anilines is 1. The molecule has 0 unspecified atom stereocenters. The molecule has 5 heteroatoms. The Bertz CT molecular complexity index is 514. The standard InChI is InChI=1S/C16H23N5/c1(11-21-13-18-12-19-21)2-14-3-5-15(6-4-14)20-16-7-9-17-10-8-16/h3-6,12-13,16-17,20H,1-2,7-11H2. The highest BCUT2D eigenvalue weighted by molar-refractivity contribution is 5.45. The van der Waals surface area contributed by atoms with Gasteiger partial charge in [0, 0.05) is 18.3 Å². The van der Waals surface area contributed by atoms with Crippen LogP contribution in [0.1, 0.15) is 24.8 Å². The van der Waals surface area contributed by atoms with E-state index in [9.17, 15) is 0 Å². The maximum Gasteiger partial charge on any atom is 0.137 e. The van der Waals surface area contributed by atoms with Crippen LogP contribution in [0.4, 0.5) is 5.69 Å². The summed E-state index contributed by atoms with van der Waals surface area (Å²) in [7, 11) is 0. The van der Waals surface area contributed by atoms with E-state index in [1.165, 1.54) is 24.1 Å². The molecule has 2 aromatic rings. The predicted octanol–water partition coefficient (Wildman–Crippen LogP) is 2.07. The van der Waals surface area contributed by atoms with E-state index in [0.717, 1.165) is 32.5 Å². The monoisotopic (exact) mass is 285 g/mol. The van der Waals surface area contributed by atoms with Crippen molar-refractivity contribution in [3.05, 3.63) is 42.5 Å². The molecular weight excluding hydrogens is 262 g/mol. The minimum absolute atomic E-state index is 0.615. The van der Waals surface area contributed by atoms with Crippen LogP contribution < -0.4 is 10.6 Å². The Morgan fingerprint density at radius 2 is 2.00 bits per heavy atom. The summed E-state index contributed by atoms with van der Waals surface area (Å²) in [6, 6.07) is 9.47. The van der Waals surface area contributed by atoms with Crippen LogP contribution in [0.15, 0.2) is 36.9 Å². The lowest BCUT2D eigenvalue weighted by molar-refractivity contribution is 0.479. The molecule has 0 amide bonds. The van der Waals surface area contributed by atoms with Crippen molar-refractivity contribution in [3.8, 4) is 0 Å². The molecule has 0 radical (unpaired) electrons. The van der Waals surface area contributed by atoms with Gasteiger partial charge in [0.05, 0.1) is 0 Å². The molecule has 0 bridgehead atoms. The Labute approximate surface area is 125 Å². The van der Waals surface area contributed by atoms with Gasteiger partial charge in [0.1, 0.15) is 12.7 Å². The lowest BCUT2D eigenvalue weighted by Crippen LogP contribution is -2.35. The van der Waals surface area contributed by atoms with Gasteiger partial charge in [-0.2, -0.15) is 5.10 Å². The van der Waals surface area contributed by atoms with Crippen LogP contribution in [0.2, 0.25) is 0 Å². The highest BCUT2D eigenvalue weighted by Gasteiger charge is 2.11. The second-order valence-electron chi connectivity index (χ2n) is 5.63. The van der Waals surface area contributed by atoms with Crippen LogP contribution in [0.25, 0.3) is 0 Å². The third kappa shape index (κ3) is 4.29. The van der Waals surface area contributed by atoms with Gasteiger partial charge in [-0.15, -0.1) is 0 Å². The fraction of sp³-hybridized carbons (Fsp3) is 0.500. The molecule has 21 heavy (non-hydrogen) atoms. The van der Waals surface area contributed by atoms with E-state index in [0.29, 0.717) is 6.04 Å². The van der Waals surface area contributed by atoms with Gasteiger partial charge in [-0.1, -0.05) is 12.1 Å². The van der Waals surface area contributed by atoms with Crippen LogP contribution in [0.3, 0.4) is 0 Å². The van der Waals surface area contributed by atoms with E-state index in [-0.39, 0.29) is 0 Å². The molecule has 1 aromatic carbocycles. The molecule has 0 spiro atoms. The Hall–Kier alpha value is -1.88. The average molecular weight is 285 g/mol. The number of nitrogens with one attached hydrogen (secondary N) is 2. The largest absolute Gasteiger partial charge is 0.382 e. The van der Waals surface area contributed by atoms with Crippen molar-refractivity contribution in [2.75, 3.05) is 18.4 Å². The molecular formula is C16H23N5. The maximum absolute atomic E-state index is 4.12. The van der Waals surface area contributed by atoms with Crippen LogP contribution in [-0.4, -0.2) is 33.9 Å². The van der Waals surface area contributed by atoms with Gasteiger partial charge in [0.25, 0.3) is 0 Å². The molecule has 1 saturated heterocycles. The Balaban J connectivity index is 1.44. The molecule has 112 valence electrons. The fourth-order valence-electron chi connectivity index (χ4n) is 2.76. The number of rotatable bonds is 6. The summed E-state index contributed by atoms with van der Waals surface area (Å²) < 4.78 is 1.88. The van der Waals surface area contributed by atoms with Crippen molar-refractivity contribution in [2.24, 2.45) is 0 Å². The van der Waals surface area contributed by atoms with Gasteiger partial charge < -0.3 is 10.6 Å². The minimum Gasteiger partial charge on any atom is -0.382 e. The third-order valence-corrected chi connectivity index (χ3v) is 3.98. The van der Waals surface area contributed by atoms with Crippen LogP contribution in [0.5, 0.6) is 0 Å². The van der Waals surface area contributed by atoms with Crippen LogP contribution in [0, 0.1) is 0 Å². The van der Waals surface area contributed by atoms with Gasteiger partial charge in [-0.05, 0) is 56.5 Å². The predicted molar refractivity (Wildman–Crippen MR) is 84.3 cm³/mol. The first-order valence-corrected chi connectivity index (χ1v) is 7.79. The molecule has 1 aliphatic heterocycles. The third-order valence-electron chi connectivity index (χ3n) is 3.98. The minimum atomic E-state index is 0.615. The average Bonchev–Trinajstić information content (AvgIpc) is 3.03. The number of piperidine rings is 1. The summed E-state index contributed by atoms with van der Waals surface area (Å²) in [6.07, 6.45) is 7.94. The van der Waals surface area contributed by atoms with E-state index in [1.54, 1.807) is 12.7 Å². The first kappa shape index (κ1) is 14.1. The second kappa shape index (κ2) is 7.22. The summed E-state index contributed by atoms with van der Waals surface area (Å²) in [5.41, 5.74) is 2.62. The van der Waals surface area contributed by atoms with Crippen molar-refractivity contribution in [1.29, 1.82) is 0 Å². The van der Waals surface area contributed by atoms with E-state index < -0.39 is 0 Å². The second-order valence-corrected chi connectivity index (χ2v) is 5.63. The SMILES string of the molecule is c1ncn(CCCc2ccc(NC3CCNCC3)cc2)n1. The number of hydrogen-bond donors (Lipinski definition) is 2. The lowest BCUT2D eigenvalue weighted by Gasteiger charge is -2.24. The zero-order valence-electron chi connectivity index (χ0n) is 12.3. The Morgan fingerprint density at radius 3 is 2.71 bits per heavy atom. The number of benzene rings is 1. The zero-order chi connectivity index (χ0) is 14.3. The summed E-state index contributed by atoms with van der Waals surface area (Å²) in [6.45, 7) is 3.17. The maximum atomic E-state index is 4.12. The van der Waals surface area contributed by atoms with Crippen molar-refractivity contribution in [2.45, 2.75) is 38.3 Å². The molecule has 0 aliphatic carbocycles. The number of hydrogen-bond acceptors (Lipinski definition) is 4. The molecule has 1 fully saturated rings. The van der Waals surface area contributed by atoms with Gasteiger partial charge >= 0.3 is 0 Å². The van der Waals surface area contributed by atoms with Gasteiger partial charge in [-0.3, -0.25) is 4.68 Å². The summed E-state index contributed by atoms with van der Waals surface area (Å²) in [5, 5.41) is 11.1. The molecule has 1 aromatic heterocycles. The van der Waals surface area contributed by atoms with Crippen LogP contribution in [-0.2, 0) is 13.0 Å². The van der Waals surface area contributed by atoms with Gasteiger partial charge in [0.15, 0.2) is 0 Å². The van der Waals surface area contributed by atoms with Crippen molar-refractivity contribution >= 4 is 5.69 Å². The summed E-state index contributed by atoms with van der Waals surface area (Å²) >= 11 is 0. The van der Waals surface area contributed by atoms with Crippen molar-refractivity contribution in [1.82, 2.24) is 20.1 Å².